The molecule has 0 aliphatic heterocycles. The Labute approximate surface area is 114 Å². The number of aromatic nitrogens is 2. The maximum atomic E-state index is 11.5. The van der Waals surface area contributed by atoms with Crippen LogP contribution < -0.4 is 5.32 Å². The zero-order valence-electron chi connectivity index (χ0n) is 11.7. The monoisotopic (exact) mass is 283 g/mol. The Kier molecular flexibility index (Phi) is 4.20. The first-order chi connectivity index (χ1) is 8.91. The summed E-state index contributed by atoms with van der Waals surface area (Å²) in [5.74, 6) is 1.05. The summed E-state index contributed by atoms with van der Waals surface area (Å²) in [7, 11) is -1.18. The van der Waals surface area contributed by atoms with E-state index < -0.39 is 15.1 Å². The lowest BCUT2D eigenvalue weighted by molar-refractivity contribution is 0.433. The Hall–Kier alpha value is -1.01. The minimum Gasteiger partial charge on any atom is -0.319 e. The summed E-state index contributed by atoms with van der Waals surface area (Å²) in [5.41, 5.74) is 2.18. The van der Waals surface area contributed by atoms with Gasteiger partial charge in [0.2, 0.25) is 0 Å². The first-order valence-electron chi connectivity index (χ1n) is 6.60. The van der Waals surface area contributed by atoms with Gasteiger partial charge < -0.3 is 5.32 Å². The molecule has 0 fully saturated rings. The Morgan fingerprint density at radius 1 is 1.53 bits per heavy atom. The smallest absolute Gasteiger partial charge is 0.157 e. The van der Waals surface area contributed by atoms with Crippen molar-refractivity contribution in [3.63, 3.8) is 0 Å². The van der Waals surface area contributed by atoms with E-state index in [1.807, 2.05) is 7.05 Å². The molecule has 106 valence electrons. The maximum Gasteiger partial charge on any atom is 0.157 e. The molecule has 0 aromatic carbocycles. The SMILES string of the molecule is CNCC1CCc2nc(C(C)S(C)(=O)=O)ncc2C1. The maximum absolute atomic E-state index is 11.5. The number of nitrogens with one attached hydrogen (secondary N) is 1. The van der Waals surface area contributed by atoms with Crippen LogP contribution in [0.15, 0.2) is 6.20 Å². The van der Waals surface area contributed by atoms with Gasteiger partial charge in [-0.1, -0.05) is 0 Å². The number of sulfone groups is 1. The second-order valence-electron chi connectivity index (χ2n) is 5.34. The molecule has 1 aliphatic rings. The zero-order valence-corrected chi connectivity index (χ0v) is 12.5. The standard InChI is InChI=1S/C13H21N3O2S/c1-9(19(3,17)18)13-15-8-11-6-10(7-14-2)4-5-12(11)16-13/h8-10,14H,4-7H2,1-3H3. The highest BCUT2D eigenvalue weighted by molar-refractivity contribution is 7.90. The number of rotatable bonds is 4. The molecule has 0 saturated heterocycles. The first kappa shape index (κ1) is 14.4. The van der Waals surface area contributed by atoms with Gasteiger partial charge in [0.25, 0.3) is 0 Å². The fourth-order valence-electron chi connectivity index (χ4n) is 2.45. The van der Waals surface area contributed by atoms with Crippen molar-refractivity contribution in [2.75, 3.05) is 19.8 Å². The first-order valence-corrected chi connectivity index (χ1v) is 8.55. The molecule has 6 heteroatoms. The van der Waals surface area contributed by atoms with Crippen molar-refractivity contribution >= 4 is 9.84 Å². The molecule has 1 aliphatic carbocycles. The van der Waals surface area contributed by atoms with Gasteiger partial charge in [-0.05, 0) is 51.3 Å². The Morgan fingerprint density at radius 3 is 2.89 bits per heavy atom. The van der Waals surface area contributed by atoms with Crippen molar-refractivity contribution in [2.24, 2.45) is 5.92 Å². The second kappa shape index (κ2) is 5.54. The van der Waals surface area contributed by atoms with Crippen LogP contribution >= 0.6 is 0 Å². The van der Waals surface area contributed by atoms with Crippen LogP contribution in [-0.2, 0) is 22.7 Å². The van der Waals surface area contributed by atoms with Crippen LogP contribution in [0.2, 0.25) is 0 Å². The molecule has 2 unspecified atom stereocenters. The van der Waals surface area contributed by atoms with Gasteiger partial charge in [-0.15, -0.1) is 0 Å². The summed E-state index contributed by atoms with van der Waals surface area (Å²) in [6.45, 7) is 2.64. The van der Waals surface area contributed by atoms with Crippen molar-refractivity contribution in [3.8, 4) is 0 Å². The summed E-state index contributed by atoms with van der Waals surface area (Å²) < 4.78 is 23.1. The van der Waals surface area contributed by atoms with E-state index in [9.17, 15) is 8.42 Å². The summed E-state index contributed by atoms with van der Waals surface area (Å²) in [6, 6.07) is 0. The number of hydrogen-bond acceptors (Lipinski definition) is 5. The minimum atomic E-state index is -3.14. The quantitative estimate of drug-likeness (QED) is 0.889. The highest BCUT2D eigenvalue weighted by Crippen LogP contribution is 2.25. The predicted molar refractivity (Wildman–Crippen MR) is 74.7 cm³/mol. The number of aryl methyl sites for hydroxylation is 1. The average molecular weight is 283 g/mol. The molecule has 5 nitrogen and oxygen atoms in total. The van der Waals surface area contributed by atoms with Gasteiger partial charge in [-0.2, -0.15) is 0 Å². The van der Waals surface area contributed by atoms with Crippen molar-refractivity contribution in [1.82, 2.24) is 15.3 Å². The van der Waals surface area contributed by atoms with Gasteiger partial charge in [0, 0.05) is 18.1 Å². The lowest BCUT2D eigenvalue weighted by Gasteiger charge is -2.24. The van der Waals surface area contributed by atoms with Crippen LogP contribution in [-0.4, -0.2) is 38.2 Å². The average Bonchev–Trinajstić information content (AvgIpc) is 2.36. The molecule has 0 radical (unpaired) electrons. The van der Waals surface area contributed by atoms with Gasteiger partial charge >= 0.3 is 0 Å². The Bertz CT molecular complexity index is 557. The Morgan fingerprint density at radius 2 is 2.26 bits per heavy atom. The number of nitrogens with zero attached hydrogens (tertiary/aromatic N) is 2. The molecule has 2 atom stereocenters. The number of hydrogen-bond donors (Lipinski definition) is 1. The third-order valence-corrected chi connectivity index (χ3v) is 5.26. The van der Waals surface area contributed by atoms with Crippen molar-refractivity contribution < 1.29 is 8.42 Å². The topological polar surface area (TPSA) is 72.0 Å². The lowest BCUT2D eigenvalue weighted by Crippen LogP contribution is -2.26. The lowest BCUT2D eigenvalue weighted by atomic mass is 9.87. The van der Waals surface area contributed by atoms with Gasteiger partial charge in [0.05, 0.1) is 0 Å². The largest absolute Gasteiger partial charge is 0.319 e. The van der Waals surface area contributed by atoms with E-state index in [0.717, 1.165) is 37.1 Å². The summed E-state index contributed by atoms with van der Waals surface area (Å²) >= 11 is 0. The molecule has 2 rings (SSSR count). The highest BCUT2D eigenvalue weighted by Gasteiger charge is 2.24. The van der Waals surface area contributed by atoms with E-state index in [4.69, 9.17) is 0 Å². The van der Waals surface area contributed by atoms with Crippen molar-refractivity contribution in [2.45, 2.75) is 31.4 Å². The fraction of sp³-hybridized carbons (Fsp3) is 0.692. The normalized spacial score (nSPS) is 20.9. The van der Waals surface area contributed by atoms with E-state index in [2.05, 4.69) is 15.3 Å². The van der Waals surface area contributed by atoms with E-state index in [-0.39, 0.29) is 0 Å². The minimum absolute atomic E-state index is 0.424. The van der Waals surface area contributed by atoms with E-state index in [1.165, 1.54) is 6.26 Å². The van der Waals surface area contributed by atoms with Crippen molar-refractivity contribution in [1.29, 1.82) is 0 Å². The van der Waals surface area contributed by atoms with E-state index >= 15 is 0 Å². The molecule has 0 spiro atoms. The molecule has 0 amide bonds. The summed E-state index contributed by atoms with van der Waals surface area (Å²) in [4.78, 5) is 8.71. The van der Waals surface area contributed by atoms with Gasteiger partial charge in [-0.25, -0.2) is 18.4 Å². The highest BCUT2D eigenvalue weighted by atomic mass is 32.2. The van der Waals surface area contributed by atoms with Crippen LogP contribution in [0.25, 0.3) is 0 Å². The molecular formula is C13H21N3O2S. The third-order valence-electron chi connectivity index (χ3n) is 3.77. The zero-order chi connectivity index (χ0) is 14.0. The molecule has 1 heterocycles. The number of fused-ring (bicyclic) bond motifs is 1. The van der Waals surface area contributed by atoms with Crippen LogP contribution in [0.5, 0.6) is 0 Å². The Balaban J connectivity index is 2.22. The molecule has 1 aromatic heterocycles. The van der Waals surface area contributed by atoms with Gasteiger partial charge in [-0.3, -0.25) is 0 Å². The molecule has 0 saturated carbocycles. The fourth-order valence-corrected chi connectivity index (χ4v) is 2.95. The molecular weight excluding hydrogens is 262 g/mol. The summed E-state index contributed by atoms with van der Waals surface area (Å²) in [6.07, 6.45) is 6.01. The molecule has 1 aromatic rings. The molecule has 0 bridgehead atoms. The third kappa shape index (κ3) is 3.30. The van der Waals surface area contributed by atoms with Crippen LogP contribution in [0.3, 0.4) is 0 Å². The predicted octanol–water partition coefficient (Wildman–Crippen LogP) is 0.906. The van der Waals surface area contributed by atoms with E-state index in [0.29, 0.717) is 11.7 Å². The van der Waals surface area contributed by atoms with Gasteiger partial charge in [0.15, 0.2) is 9.84 Å². The van der Waals surface area contributed by atoms with Crippen LogP contribution in [0.1, 0.15) is 35.7 Å². The van der Waals surface area contributed by atoms with Crippen molar-refractivity contribution in [3.05, 3.63) is 23.3 Å². The molecule has 1 N–H and O–H groups in total. The van der Waals surface area contributed by atoms with E-state index in [1.54, 1.807) is 13.1 Å². The molecule has 19 heavy (non-hydrogen) atoms. The van der Waals surface area contributed by atoms with Crippen LogP contribution in [0.4, 0.5) is 0 Å². The second-order valence-corrected chi connectivity index (χ2v) is 7.70. The van der Waals surface area contributed by atoms with Gasteiger partial charge in [0.1, 0.15) is 11.1 Å². The summed E-state index contributed by atoms with van der Waals surface area (Å²) in [5, 5.41) is 2.57. The van der Waals surface area contributed by atoms with Crippen LogP contribution in [0, 0.1) is 5.92 Å².